The third-order valence-electron chi connectivity index (χ3n) is 3.02. The Labute approximate surface area is 101 Å². The number of morpholine rings is 1. The van der Waals surface area contributed by atoms with Crippen LogP contribution < -0.4 is 4.90 Å². The second-order valence-corrected chi connectivity index (χ2v) is 4.86. The summed E-state index contributed by atoms with van der Waals surface area (Å²) in [6.07, 6.45) is 0. The summed E-state index contributed by atoms with van der Waals surface area (Å²) in [5.74, 6) is 0.134. The molecule has 0 spiro atoms. The number of aromatic hydroxyl groups is 1. The van der Waals surface area contributed by atoms with E-state index in [1.807, 2.05) is 12.1 Å². The largest absolute Gasteiger partial charge is 0.508 e. The maximum absolute atomic E-state index is 9.99. The van der Waals surface area contributed by atoms with Crippen molar-refractivity contribution in [3.8, 4) is 5.75 Å². The SMILES string of the molecule is CC(C)(O)c1cc(N2CCOCC2)ccc1O. The van der Waals surface area contributed by atoms with E-state index in [4.69, 9.17) is 4.74 Å². The Bertz CT molecular complexity index is 392. The van der Waals surface area contributed by atoms with Crippen LogP contribution in [-0.2, 0) is 10.3 Å². The highest BCUT2D eigenvalue weighted by atomic mass is 16.5. The van der Waals surface area contributed by atoms with Gasteiger partial charge in [0, 0.05) is 24.3 Å². The quantitative estimate of drug-likeness (QED) is 0.817. The van der Waals surface area contributed by atoms with Crippen molar-refractivity contribution in [1.29, 1.82) is 0 Å². The lowest BCUT2D eigenvalue weighted by Crippen LogP contribution is -2.36. The van der Waals surface area contributed by atoms with Gasteiger partial charge >= 0.3 is 0 Å². The number of phenols is 1. The standard InChI is InChI=1S/C13H19NO3/c1-13(2,16)11-9-10(3-4-12(11)15)14-5-7-17-8-6-14/h3-4,9,15-16H,5-8H2,1-2H3. The number of hydrogen-bond donors (Lipinski definition) is 2. The number of rotatable bonds is 2. The maximum atomic E-state index is 9.99. The predicted octanol–water partition coefficient (Wildman–Crippen LogP) is 1.46. The molecule has 1 fully saturated rings. The van der Waals surface area contributed by atoms with Gasteiger partial charge in [-0.15, -0.1) is 0 Å². The van der Waals surface area contributed by atoms with E-state index in [0.717, 1.165) is 32.0 Å². The summed E-state index contributed by atoms with van der Waals surface area (Å²) in [4.78, 5) is 2.19. The van der Waals surface area contributed by atoms with Gasteiger partial charge in [0.25, 0.3) is 0 Å². The number of aliphatic hydroxyl groups is 1. The Morgan fingerprint density at radius 2 is 1.88 bits per heavy atom. The Kier molecular flexibility index (Phi) is 3.26. The smallest absolute Gasteiger partial charge is 0.121 e. The van der Waals surface area contributed by atoms with Crippen LogP contribution in [0.5, 0.6) is 5.75 Å². The van der Waals surface area contributed by atoms with E-state index in [1.54, 1.807) is 19.9 Å². The van der Waals surface area contributed by atoms with E-state index in [1.165, 1.54) is 0 Å². The van der Waals surface area contributed by atoms with Crippen LogP contribution in [0, 0.1) is 0 Å². The monoisotopic (exact) mass is 237 g/mol. The molecular formula is C13H19NO3. The average Bonchev–Trinajstić information content (AvgIpc) is 2.29. The molecule has 1 saturated heterocycles. The number of phenolic OH excluding ortho intramolecular Hbond substituents is 1. The molecule has 0 atom stereocenters. The van der Waals surface area contributed by atoms with E-state index in [-0.39, 0.29) is 5.75 Å². The van der Waals surface area contributed by atoms with Crippen LogP contribution in [0.1, 0.15) is 19.4 Å². The molecule has 0 unspecified atom stereocenters. The molecule has 1 aromatic carbocycles. The molecule has 94 valence electrons. The van der Waals surface area contributed by atoms with Crippen LogP contribution in [-0.4, -0.2) is 36.5 Å². The fraction of sp³-hybridized carbons (Fsp3) is 0.538. The highest BCUT2D eigenvalue weighted by molar-refractivity contribution is 5.54. The summed E-state index contributed by atoms with van der Waals surface area (Å²) in [5, 5.41) is 19.8. The van der Waals surface area contributed by atoms with Crippen LogP contribution in [0.25, 0.3) is 0 Å². The van der Waals surface area contributed by atoms with Crippen molar-refractivity contribution < 1.29 is 14.9 Å². The van der Waals surface area contributed by atoms with Crippen molar-refractivity contribution in [3.05, 3.63) is 23.8 Å². The summed E-state index contributed by atoms with van der Waals surface area (Å²) in [6.45, 7) is 6.47. The first-order chi connectivity index (χ1) is 7.98. The zero-order valence-electron chi connectivity index (χ0n) is 10.3. The molecule has 0 aromatic heterocycles. The second kappa shape index (κ2) is 4.55. The average molecular weight is 237 g/mol. The van der Waals surface area contributed by atoms with E-state index >= 15 is 0 Å². The van der Waals surface area contributed by atoms with Gasteiger partial charge in [-0.1, -0.05) is 0 Å². The lowest BCUT2D eigenvalue weighted by atomic mass is 9.96. The molecule has 0 aliphatic carbocycles. The summed E-state index contributed by atoms with van der Waals surface area (Å²) < 4.78 is 5.30. The van der Waals surface area contributed by atoms with Crippen LogP contribution in [0.15, 0.2) is 18.2 Å². The number of ether oxygens (including phenoxy) is 1. The molecular weight excluding hydrogens is 218 g/mol. The second-order valence-electron chi connectivity index (χ2n) is 4.86. The Balaban J connectivity index is 2.30. The molecule has 0 saturated carbocycles. The highest BCUT2D eigenvalue weighted by Crippen LogP contribution is 2.32. The number of benzene rings is 1. The molecule has 0 amide bonds. The maximum Gasteiger partial charge on any atom is 0.121 e. The number of nitrogens with zero attached hydrogens (tertiary/aromatic N) is 1. The van der Waals surface area contributed by atoms with Crippen LogP contribution >= 0.6 is 0 Å². The predicted molar refractivity (Wildman–Crippen MR) is 66.4 cm³/mol. The number of anilines is 1. The minimum atomic E-state index is -1.04. The van der Waals surface area contributed by atoms with Crippen molar-refractivity contribution >= 4 is 5.69 Å². The molecule has 2 N–H and O–H groups in total. The van der Waals surface area contributed by atoms with Gasteiger partial charge in [-0.3, -0.25) is 0 Å². The lowest BCUT2D eigenvalue weighted by molar-refractivity contribution is 0.0758. The molecule has 4 heteroatoms. The van der Waals surface area contributed by atoms with E-state index in [2.05, 4.69) is 4.90 Å². The minimum absolute atomic E-state index is 0.134. The molecule has 1 aliphatic rings. The zero-order chi connectivity index (χ0) is 12.5. The summed E-state index contributed by atoms with van der Waals surface area (Å²) in [7, 11) is 0. The van der Waals surface area contributed by atoms with Gasteiger partial charge in [0.15, 0.2) is 0 Å². The van der Waals surface area contributed by atoms with E-state index in [9.17, 15) is 10.2 Å². The molecule has 1 aliphatic heterocycles. The normalized spacial score (nSPS) is 17.2. The lowest BCUT2D eigenvalue weighted by Gasteiger charge is -2.30. The number of hydrogen-bond acceptors (Lipinski definition) is 4. The van der Waals surface area contributed by atoms with Crippen molar-refractivity contribution in [2.45, 2.75) is 19.4 Å². The third kappa shape index (κ3) is 2.70. The Hall–Kier alpha value is -1.26. The van der Waals surface area contributed by atoms with Crippen LogP contribution in [0.3, 0.4) is 0 Å². The Morgan fingerprint density at radius 1 is 1.24 bits per heavy atom. The molecule has 0 radical (unpaired) electrons. The first-order valence-electron chi connectivity index (χ1n) is 5.87. The van der Waals surface area contributed by atoms with E-state index in [0.29, 0.717) is 5.56 Å². The van der Waals surface area contributed by atoms with Gasteiger partial charge in [0.1, 0.15) is 5.75 Å². The third-order valence-corrected chi connectivity index (χ3v) is 3.02. The van der Waals surface area contributed by atoms with Gasteiger partial charge in [0.2, 0.25) is 0 Å². The summed E-state index contributed by atoms with van der Waals surface area (Å²) in [6, 6.07) is 5.36. The van der Waals surface area contributed by atoms with E-state index < -0.39 is 5.60 Å². The molecule has 0 bridgehead atoms. The summed E-state index contributed by atoms with van der Waals surface area (Å²) in [5.41, 5.74) is 0.538. The first-order valence-corrected chi connectivity index (χ1v) is 5.87. The Morgan fingerprint density at radius 3 is 2.47 bits per heavy atom. The highest BCUT2D eigenvalue weighted by Gasteiger charge is 2.22. The van der Waals surface area contributed by atoms with Gasteiger partial charge in [-0.05, 0) is 32.0 Å². The summed E-state index contributed by atoms with van der Waals surface area (Å²) >= 11 is 0. The van der Waals surface area contributed by atoms with Gasteiger partial charge < -0.3 is 19.8 Å². The van der Waals surface area contributed by atoms with Crippen molar-refractivity contribution in [2.75, 3.05) is 31.2 Å². The van der Waals surface area contributed by atoms with Crippen LogP contribution in [0.2, 0.25) is 0 Å². The molecule has 1 heterocycles. The topological polar surface area (TPSA) is 52.9 Å². The van der Waals surface area contributed by atoms with Crippen molar-refractivity contribution in [2.24, 2.45) is 0 Å². The van der Waals surface area contributed by atoms with Gasteiger partial charge in [0.05, 0.1) is 18.8 Å². The fourth-order valence-corrected chi connectivity index (χ4v) is 2.03. The first kappa shape index (κ1) is 12.2. The zero-order valence-corrected chi connectivity index (χ0v) is 10.3. The molecule has 2 rings (SSSR count). The fourth-order valence-electron chi connectivity index (χ4n) is 2.03. The molecule has 17 heavy (non-hydrogen) atoms. The van der Waals surface area contributed by atoms with Gasteiger partial charge in [-0.25, -0.2) is 0 Å². The molecule has 1 aromatic rings. The van der Waals surface area contributed by atoms with Crippen LogP contribution in [0.4, 0.5) is 5.69 Å². The van der Waals surface area contributed by atoms with Crippen molar-refractivity contribution in [3.63, 3.8) is 0 Å². The van der Waals surface area contributed by atoms with Gasteiger partial charge in [-0.2, -0.15) is 0 Å². The minimum Gasteiger partial charge on any atom is -0.508 e. The van der Waals surface area contributed by atoms with Crippen molar-refractivity contribution in [1.82, 2.24) is 0 Å². The molecule has 4 nitrogen and oxygen atoms in total.